The van der Waals surface area contributed by atoms with Crippen LogP contribution in [0.1, 0.15) is 36.9 Å². The quantitative estimate of drug-likeness (QED) is 0.826. The molecule has 0 fully saturated rings. The van der Waals surface area contributed by atoms with Crippen molar-refractivity contribution >= 4 is 34.6 Å². The molecular weight excluding hydrogens is 282 g/mol. The summed E-state index contributed by atoms with van der Waals surface area (Å²) in [5, 5.41) is 4.55. The van der Waals surface area contributed by atoms with Crippen molar-refractivity contribution in [2.45, 2.75) is 42.3 Å². The van der Waals surface area contributed by atoms with Gasteiger partial charge in [-0.2, -0.15) is 15.7 Å². The third kappa shape index (κ3) is 3.32. The van der Waals surface area contributed by atoms with Gasteiger partial charge in [0, 0.05) is 12.5 Å². The van der Waals surface area contributed by atoms with Gasteiger partial charge in [0.1, 0.15) is 5.82 Å². The number of thioether (sulfide) groups is 1. The van der Waals surface area contributed by atoms with Gasteiger partial charge in [0.25, 0.3) is 0 Å². The number of hydrogen-bond acceptors (Lipinski definition) is 6. The van der Waals surface area contributed by atoms with Crippen LogP contribution < -0.4 is 5.73 Å². The van der Waals surface area contributed by atoms with Gasteiger partial charge in [-0.3, -0.25) is 0 Å². The first-order valence-electron chi connectivity index (χ1n) is 6.01. The first kappa shape index (κ1) is 14.0. The van der Waals surface area contributed by atoms with E-state index in [1.54, 1.807) is 23.1 Å². The van der Waals surface area contributed by atoms with E-state index >= 15 is 0 Å². The summed E-state index contributed by atoms with van der Waals surface area (Å²) in [5.74, 6) is 0.927. The van der Waals surface area contributed by atoms with E-state index in [0.717, 1.165) is 23.0 Å². The van der Waals surface area contributed by atoms with E-state index in [9.17, 15) is 0 Å². The number of nitrogens with zero attached hydrogens (tertiary/aromatic N) is 2. The van der Waals surface area contributed by atoms with Crippen LogP contribution in [0.3, 0.4) is 0 Å². The molecule has 6 heteroatoms. The van der Waals surface area contributed by atoms with Gasteiger partial charge in [-0.1, -0.05) is 25.6 Å². The van der Waals surface area contributed by atoms with Crippen LogP contribution in [-0.4, -0.2) is 15.4 Å². The van der Waals surface area contributed by atoms with Crippen LogP contribution in [0, 0.1) is 0 Å². The lowest BCUT2D eigenvalue weighted by molar-refractivity contribution is 0.635. The van der Waals surface area contributed by atoms with E-state index in [1.807, 2.05) is 0 Å². The smallest absolute Gasteiger partial charge is 0.170 e. The van der Waals surface area contributed by atoms with E-state index in [1.165, 1.54) is 17.1 Å². The van der Waals surface area contributed by atoms with Gasteiger partial charge in [0.15, 0.2) is 4.34 Å². The Morgan fingerprint density at radius 3 is 2.83 bits per heavy atom. The Balaban J connectivity index is 2.15. The standard InChI is InChI=1S/C12H17N3S3/c1-3-9(13)11(8-5-6-16-7-8)17-12-14-10(4-2)15-18-12/h5-7,9,11H,3-4,13H2,1-2H3. The molecule has 2 rings (SSSR count). The number of aryl methyl sites for hydroxylation is 1. The summed E-state index contributed by atoms with van der Waals surface area (Å²) in [7, 11) is 0. The van der Waals surface area contributed by atoms with Crippen LogP contribution in [0.15, 0.2) is 21.2 Å². The fourth-order valence-corrected chi connectivity index (χ4v) is 4.49. The van der Waals surface area contributed by atoms with Crippen molar-refractivity contribution in [3.05, 3.63) is 28.2 Å². The van der Waals surface area contributed by atoms with Gasteiger partial charge in [-0.05, 0) is 40.3 Å². The first-order valence-corrected chi connectivity index (χ1v) is 8.61. The molecule has 0 spiro atoms. The van der Waals surface area contributed by atoms with Gasteiger partial charge in [0.2, 0.25) is 0 Å². The van der Waals surface area contributed by atoms with Crippen molar-refractivity contribution in [3.63, 3.8) is 0 Å². The van der Waals surface area contributed by atoms with Crippen molar-refractivity contribution < 1.29 is 0 Å². The Hall–Kier alpha value is -0.430. The number of nitrogens with two attached hydrogens (primary N) is 1. The molecule has 2 heterocycles. The maximum Gasteiger partial charge on any atom is 0.170 e. The Bertz CT molecular complexity index is 467. The summed E-state index contributed by atoms with van der Waals surface area (Å²) in [6, 6.07) is 2.30. The minimum Gasteiger partial charge on any atom is -0.326 e. The molecule has 3 nitrogen and oxygen atoms in total. The summed E-state index contributed by atoms with van der Waals surface area (Å²) in [4.78, 5) is 4.51. The molecule has 2 unspecified atom stereocenters. The monoisotopic (exact) mass is 299 g/mol. The number of aromatic nitrogens is 2. The average Bonchev–Trinajstić information content (AvgIpc) is 3.05. The highest BCUT2D eigenvalue weighted by Crippen LogP contribution is 2.39. The molecule has 0 radical (unpaired) electrons. The lowest BCUT2D eigenvalue weighted by Crippen LogP contribution is -2.25. The predicted molar refractivity (Wildman–Crippen MR) is 80.5 cm³/mol. The second-order valence-electron chi connectivity index (χ2n) is 4.00. The SMILES string of the molecule is CCc1nsc(SC(c2ccsc2)C(N)CC)n1. The third-order valence-corrected chi connectivity index (χ3v) is 5.66. The molecule has 0 saturated carbocycles. The van der Waals surface area contributed by atoms with E-state index in [4.69, 9.17) is 5.73 Å². The van der Waals surface area contributed by atoms with Crippen molar-refractivity contribution in [3.8, 4) is 0 Å². The Kier molecular flexibility index (Phi) is 5.17. The summed E-state index contributed by atoms with van der Waals surface area (Å²) in [6.45, 7) is 4.20. The van der Waals surface area contributed by atoms with E-state index < -0.39 is 0 Å². The average molecular weight is 299 g/mol. The van der Waals surface area contributed by atoms with Crippen molar-refractivity contribution in [2.75, 3.05) is 0 Å². The fraction of sp³-hybridized carbons (Fsp3) is 0.500. The molecule has 98 valence electrons. The molecule has 0 saturated heterocycles. The van der Waals surface area contributed by atoms with Gasteiger partial charge in [-0.25, -0.2) is 4.98 Å². The zero-order valence-electron chi connectivity index (χ0n) is 10.5. The van der Waals surface area contributed by atoms with Crippen LogP contribution in [0.5, 0.6) is 0 Å². The highest BCUT2D eigenvalue weighted by atomic mass is 32.2. The van der Waals surface area contributed by atoms with E-state index in [0.29, 0.717) is 0 Å². The number of rotatable bonds is 6. The summed E-state index contributed by atoms with van der Waals surface area (Å²) < 4.78 is 5.35. The molecule has 0 aliphatic heterocycles. The molecular formula is C12H17N3S3. The van der Waals surface area contributed by atoms with Crippen LogP contribution in [-0.2, 0) is 6.42 Å². The normalized spacial score (nSPS) is 14.6. The highest BCUT2D eigenvalue weighted by Gasteiger charge is 2.22. The Morgan fingerprint density at radius 2 is 2.28 bits per heavy atom. The molecule has 2 atom stereocenters. The molecule has 0 aliphatic carbocycles. The minimum atomic E-state index is 0.151. The van der Waals surface area contributed by atoms with Gasteiger partial charge < -0.3 is 5.73 Å². The largest absolute Gasteiger partial charge is 0.326 e. The second-order valence-corrected chi connectivity index (χ2v) is 6.92. The number of thiophene rings is 1. The van der Waals surface area contributed by atoms with Crippen LogP contribution in [0.2, 0.25) is 0 Å². The summed E-state index contributed by atoms with van der Waals surface area (Å²) in [5.41, 5.74) is 7.53. The molecule has 18 heavy (non-hydrogen) atoms. The van der Waals surface area contributed by atoms with Crippen molar-refractivity contribution in [2.24, 2.45) is 5.73 Å². The maximum atomic E-state index is 6.24. The lowest BCUT2D eigenvalue weighted by atomic mass is 10.1. The van der Waals surface area contributed by atoms with E-state index in [2.05, 4.69) is 40.0 Å². The third-order valence-electron chi connectivity index (χ3n) is 2.73. The van der Waals surface area contributed by atoms with Gasteiger partial charge in [0.05, 0.1) is 5.25 Å². The summed E-state index contributed by atoms with van der Waals surface area (Å²) >= 11 is 4.93. The molecule has 2 aromatic rings. The van der Waals surface area contributed by atoms with Crippen molar-refractivity contribution in [1.29, 1.82) is 0 Å². The van der Waals surface area contributed by atoms with Gasteiger partial charge in [-0.15, -0.1) is 0 Å². The maximum absolute atomic E-state index is 6.24. The van der Waals surface area contributed by atoms with Crippen LogP contribution >= 0.6 is 34.6 Å². The zero-order valence-corrected chi connectivity index (χ0v) is 12.9. The minimum absolute atomic E-state index is 0.151. The van der Waals surface area contributed by atoms with Crippen LogP contribution in [0.25, 0.3) is 0 Å². The molecule has 0 amide bonds. The van der Waals surface area contributed by atoms with Gasteiger partial charge >= 0.3 is 0 Å². The predicted octanol–water partition coefficient (Wildman–Crippen LogP) is 3.73. The highest BCUT2D eigenvalue weighted by molar-refractivity contribution is 8.01. The Morgan fingerprint density at radius 1 is 1.44 bits per heavy atom. The zero-order chi connectivity index (χ0) is 13.0. The first-order chi connectivity index (χ1) is 8.74. The molecule has 0 bridgehead atoms. The van der Waals surface area contributed by atoms with Crippen LogP contribution in [0.4, 0.5) is 0 Å². The van der Waals surface area contributed by atoms with E-state index in [-0.39, 0.29) is 11.3 Å². The fourth-order valence-electron chi connectivity index (χ4n) is 1.59. The molecule has 0 aromatic carbocycles. The molecule has 2 aromatic heterocycles. The lowest BCUT2D eigenvalue weighted by Gasteiger charge is -2.20. The molecule has 2 N–H and O–H groups in total. The topological polar surface area (TPSA) is 51.8 Å². The molecule has 0 aliphatic rings. The second kappa shape index (κ2) is 6.65. The van der Waals surface area contributed by atoms with Crippen molar-refractivity contribution in [1.82, 2.24) is 9.36 Å². The Labute approximate surface area is 120 Å². The summed E-state index contributed by atoms with van der Waals surface area (Å²) in [6.07, 6.45) is 1.85. The number of hydrogen-bond donors (Lipinski definition) is 1.